The highest BCUT2D eigenvalue weighted by atomic mass is 19.3. The van der Waals surface area contributed by atoms with Gasteiger partial charge in [0.15, 0.2) is 11.6 Å². The molecular formula is C8H7F3N2O2. The van der Waals surface area contributed by atoms with Crippen LogP contribution in [0.25, 0.3) is 0 Å². The zero-order valence-corrected chi connectivity index (χ0v) is 7.38. The number of carboxylic acid groups (broad SMARTS) is 1. The highest BCUT2D eigenvalue weighted by Gasteiger charge is 2.15. The van der Waals surface area contributed by atoms with Crippen molar-refractivity contribution in [3.8, 4) is 0 Å². The Kier molecular flexibility index (Phi) is 3.48. The number of hydrogen-bond donors (Lipinski definition) is 2. The number of alkyl halides is 2. The molecule has 0 bridgehead atoms. The average Bonchev–Trinajstić information content (AvgIpc) is 2.15. The first-order valence-electron chi connectivity index (χ1n) is 3.92. The summed E-state index contributed by atoms with van der Waals surface area (Å²) in [5.41, 5.74) is -0.609. The van der Waals surface area contributed by atoms with Gasteiger partial charge in [-0.1, -0.05) is 0 Å². The Morgan fingerprint density at radius 2 is 2.27 bits per heavy atom. The summed E-state index contributed by atoms with van der Waals surface area (Å²) in [7, 11) is 0. The van der Waals surface area contributed by atoms with E-state index in [1.807, 2.05) is 5.32 Å². The molecule has 82 valence electrons. The van der Waals surface area contributed by atoms with Crippen LogP contribution in [0, 0.1) is 5.82 Å². The molecule has 0 fully saturated rings. The van der Waals surface area contributed by atoms with Gasteiger partial charge in [0.1, 0.15) is 5.56 Å². The number of pyridine rings is 1. The largest absolute Gasteiger partial charge is 0.478 e. The number of anilines is 1. The van der Waals surface area contributed by atoms with Crippen molar-refractivity contribution in [3.63, 3.8) is 0 Å². The van der Waals surface area contributed by atoms with Gasteiger partial charge in [0.2, 0.25) is 0 Å². The summed E-state index contributed by atoms with van der Waals surface area (Å²) >= 11 is 0. The first-order chi connectivity index (χ1) is 7.02. The number of halogens is 3. The molecule has 15 heavy (non-hydrogen) atoms. The number of aromatic nitrogens is 1. The molecule has 0 amide bonds. The second-order valence-electron chi connectivity index (χ2n) is 2.60. The molecule has 0 aromatic carbocycles. The maximum atomic E-state index is 13.2. The molecule has 1 aromatic rings. The molecule has 1 aromatic heterocycles. The summed E-state index contributed by atoms with van der Waals surface area (Å²) in [5, 5.41) is 10.5. The van der Waals surface area contributed by atoms with Crippen molar-refractivity contribution in [3.05, 3.63) is 23.6 Å². The van der Waals surface area contributed by atoms with Gasteiger partial charge in [-0.05, 0) is 6.07 Å². The molecule has 1 heterocycles. The van der Waals surface area contributed by atoms with Crippen LogP contribution < -0.4 is 5.32 Å². The highest BCUT2D eigenvalue weighted by Crippen LogP contribution is 2.15. The van der Waals surface area contributed by atoms with E-state index in [2.05, 4.69) is 4.98 Å². The quantitative estimate of drug-likeness (QED) is 0.808. The average molecular weight is 220 g/mol. The van der Waals surface area contributed by atoms with Crippen molar-refractivity contribution >= 4 is 11.8 Å². The molecule has 0 radical (unpaired) electrons. The SMILES string of the molecule is O=C(O)c1ccnc(NCC(F)F)c1F. The van der Waals surface area contributed by atoms with Crippen LogP contribution in [-0.2, 0) is 0 Å². The van der Waals surface area contributed by atoms with Crippen LogP contribution in [0.3, 0.4) is 0 Å². The summed E-state index contributed by atoms with van der Waals surface area (Å²) in [4.78, 5) is 13.9. The van der Waals surface area contributed by atoms with E-state index < -0.39 is 36.1 Å². The zero-order valence-electron chi connectivity index (χ0n) is 7.38. The third kappa shape index (κ3) is 2.83. The topological polar surface area (TPSA) is 62.2 Å². The van der Waals surface area contributed by atoms with Crippen LogP contribution in [0.2, 0.25) is 0 Å². The Bertz CT molecular complexity index is 371. The maximum Gasteiger partial charge on any atom is 0.338 e. The van der Waals surface area contributed by atoms with Gasteiger partial charge in [-0.15, -0.1) is 0 Å². The second-order valence-corrected chi connectivity index (χ2v) is 2.60. The molecule has 1 rings (SSSR count). The predicted molar refractivity (Wildman–Crippen MR) is 45.6 cm³/mol. The summed E-state index contributed by atoms with van der Waals surface area (Å²) in [5.74, 6) is -3.11. The molecular weight excluding hydrogens is 213 g/mol. The monoisotopic (exact) mass is 220 g/mol. The second kappa shape index (κ2) is 4.63. The minimum atomic E-state index is -2.67. The number of rotatable bonds is 4. The van der Waals surface area contributed by atoms with Gasteiger partial charge in [-0.3, -0.25) is 0 Å². The van der Waals surface area contributed by atoms with Gasteiger partial charge >= 0.3 is 5.97 Å². The fourth-order valence-electron chi connectivity index (χ4n) is 0.906. The lowest BCUT2D eigenvalue weighted by Crippen LogP contribution is -2.14. The van der Waals surface area contributed by atoms with Gasteiger partial charge in [0.05, 0.1) is 6.54 Å². The van der Waals surface area contributed by atoms with Crippen LogP contribution in [0.4, 0.5) is 19.0 Å². The van der Waals surface area contributed by atoms with Crippen molar-refractivity contribution in [1.82, 2.24) is 4.98 Å². The summed E-state index contributed by atoms with van der Waals surface area (Å²) in [6, 6.07) is 0.950. The number of aromatic carboxylic acids is 1. The van der Waals surface area contributed by atoms with Crippen molar-refractivity contribution in [2.24, 2.45) is 0 Å². The summed E-state index contributed by atoms with van der Waals surface area (Å²) < 4.78 is 36.8. The van der Waals surface area contributed by atoms with Crippen LogP contribution in [0.1, 0.15) is 10.4 Å². The molecule has 4 nitrogen and oxygen atoms in total. The predicted octanol–water partition coefficient (Wildman–Crippen LogP) is 1.60. The van der Waals surface area contributed by atoms with Crippen LogP contribution >= 0.6 is 0 Å². The van der Waals surface area contributed by atoms with E-state index >= 15 is 0 Å². The molecule has 2 N–H and O–H groups in total. The minimum absolute atomic E-state index is 0.491. The molecule has 0 atom stereocenters. The highest BCUT2D eigenvalue weighted by molar-refractivity contribution is 5.88. The molecule has 7 heteroatoms. The van der Waals surface area contributed by atoms with E-state index in [-0.39, 0.29) is 0 Å². The Labute approximate surface area is 82.7 Å². The van der Waals surface area contributed by atoms with Crippen LogP contribution in [0.15, 0.2) is 12.3 Å². The molecule has 0 aliphatic heterocycles. The lowest BCUT2D eigenvalue weighted by Gasteiger charge is -2.06. The van der Waals surface area contributed by atoms with Gasteiger partial charge in [0.25, 0.3) is 6.43 Å². The number of hydrogen-bond acceptors (Lipinski definition) is 3. The van der Waals surface area contributed by atoms with Crippen molar-refractivity contribution in [1.29, 1.82) is 0 Å². The van der Waals surface area contributed by atoms with E-state index in [0.717, 1.165) is 12.3 Å². The van der Waals surface area contributed by atoms with Crippen LogP contribution in [0.5, 0.6) is 0 Å². The van der Waals surface area contributed by atoms with Gasteiger partial charge < -0.3 is 10.4 Å². The van der Waals surface area contributed by atoms with Crippen molar-refractivity contribution in [2.45, 2.75) is 6.43 Å². The Morgan fingerprint density at radius 1 is 1.60 bits per heavy atom. The minimum Gasteiger partial charge on any atom is -0.478 e. The molecule has 0 spiro atoms. The Balaban J connectivity index is 2.89. The third-order valence-corrected chi connectivity index (χ3v) is 1.54. The molecule has 0 aliphatic carbocycles. The molecule has 0 aliphatic rings. The van der Waals surface area contributed by atoms with E-state index in [9.17, 15) is 18.0 Å². The van der Waals surface area contributed by atoms with Gasteiger partial charge in [-0.25, -0.2) is 22.9 Å². The Morgan fingerprint density at radius 3 is 2.80 bits per heavy atom. The Hall–Kier alpha value is -1.79. The van der Waals surface area contributed by atoms with Crippen molar-refractivity contribution < 1.29 is 23.1 Å². The first-order valence-corrected chi connectivity index (χ1v) is 3.92. The number of nitrogens with zero attached hydrogens (tertiary/aromatic N) is 1. The lowest BCUT2D eigenvalue weighted by atomic mass is 10.2. The third-order valence-electron chi connectivity index (χ3n) is 1.54. The van der Waals surface area contributed by atoms with Crippen LogP contribution in [-0.4, -0.2) is 29.0 Å². The molecule has 0 unspecified atom stereocenters. The van der Waals surface area contributed by atoms with E-state index in [4.69, 9.17) is 5.11 Å². The van der Waals surface area contributed by atoms with Gasteiger partial charge in [0, 0.05) is 6.20 Å². The summed E-state index contributed by atoms with van der Waals surface area (Å²) in [6.45, 7) is -0.785. The standard InChI is InChI=1S/C8H7F3N2O2/c9-5(10)3-13-7-6(11)4(8(14)15)1-2-12-7/h1-2,5H,3H2,(H,12,13)(H,14,15). The van der Waals surface area contributed by atoms with Gasteiger partial charge in [-0.2, -0.15) is 0 Å². The van der Waals surface area contributed by atoms with E-state index in [0.29, 0.717) is 0 Å². The fourth-order valence-corrected chi connectivity index (χ4v) is 0.906. The lowest BCUT2D eigenvalue weighted by molar-refractivity contribution is 0.0692. The van der Waals surface area contributed by atoms with E-state index in [1.165, 1.54) is 0 Å². The normalized spacial score (nSPS) is 10.4. The number of nitrogens with one attached hydrogen (secondary N) is 1. The van der Waals surface area contributed by atoms with Crippen molar-refractivity contribution in [2.75, 3.05) is 11.9 Å². The number of carbonyl (C=O) groups is 1. The summed E-state index contributed by atoms with van der Waals surface area (Å²) in [6.07, 6.45) is -1.64. The smallest absolute Gasteiger partial charge is 0.338 e. The zero-order chi connectivity index (χ0) is 11.4. The van der Waals surface area contributed by atoms with E-state index in [1.54, 1.807) is 0 Å². The maximum absolute atomic E-state index is 13.2. The molecule has 0 saturated heterocycles. The first kappa shape index (κ1) is 11.3. The number of carboxylic acids is 1. The fraction of sp³-hybridized carbons (Fsp3) is 0.250. The molecule has 0 saturated carbocycles.